The van der Waals surface area contributed by atoms with Gasteiger partial charge in [-0.2, -0.15) is 5.26 Å². The summed E-state index contributed by atoms with van der Waals surface area (Å²) in [4.78, 5) is 13.7. The monoisotopic (exact) mass is 257 g/mol. The topological polar surface area (TPSA) is 56.1 Å². The number of hydrogen-bond acceptors (Lipinski definition) is 2. The van der Waals surface area contributed by atoms with E-state index in [0.29, 0.717) is 11.6 Å². The average molecular weight is 257 g/mol. The highest BCUT2D eigenvalue weighted by Crippen LogP contribution is 2.18. The molecule has 4 heteroatoms. The van der Waals surface area contributed by atoms with Crippen LogP contribution in [0.15, 0.2) is 24.3 Å². The van der Waals surface area contributed by atoms with E-state index < -0.39 is 0 Å². The fourth-order valence-corrected chi connectivity index (χ4v) is 2.40. The fraction of sp³-hybridized carbons (Fsp3) is 0.467. The van der Waals surface area contributed by atoms with Gasteiger partial charge in [0.25, 0.3) is 0 Å². The number of anilines is 1. The van der Waals surface area contributed by atoms with E-state index in [4.69, 9.17) is 5.26 Å². The predicted molar refractivity (Wildman–Crippen MR) is 75.0 cm³/mol. The van der Waals surface area contributed by atoms with Gasteiger partial charge in [-0.05, 0) is 37.1 Å². The minimum atomic E-state index is -0.0726. The van der Waals surface area contributed by atoms with Crippen LogP contribution in [0.5, 0.6) is 0 Å². The molecule has 1 aromatic carbocycles. The van der Waals surface area contributed by atoms with E-state index in [0.717, 1.165) is 18.5 Å². The van der Waals surface area contributed by atoms with Crippen LogP contribution < -0.4 is 10.2 Å². The van der Waals surface area contributed by atoms with Gasteiger partial charge in [0.05, 0.1) is 11.6 Å². The van der Waals surface area contributed by atoms with Crippen LogP contribution in [0.25, 0.3) is 0 Å². The molecule has 0 atom stereocenters. The van der Waals surface area contributed by atoms with E-state index in [2.05, 4.69) is 11.4 Å². The van der Waals surface area contributed by atoms with Gasteiger partial charge in [0, 0.05) is 18.8 Å². The highest BCUT2D eigenvalue weighted by atomic mass is 16.2. The summed E-state index contributed by atoms with van der Waals surface area (Å²) >= 11 is 0. The fourth-order valence-electron chi connectivity index (χ4n) is 2.40. The number of urea groups is 1. The van der Waals surface area contributed by atoms with Crippen molar-refractivity contribution in [2.24, 2.45) is 0 Å². The molecule has 0 aliphatic heterocycles. The van der Waals surface area contributed by atoms with Crippen LogP contribution in [0.4, 0.5) is 10.5 Å². The van der Waals surface area contributed by atoms with Gasteiger partial charge in [-0.15, -0.1) is 0 Å². The number of benzene rings is 1. The van der Waals surface area contributed by atoms with Crippen molar-refractivity contribution in [3.8, 4) is 6.07 Å². The molecule has 0 unspecified atom stereocenters. The average Bonchev–Trinajstić information content (AvgIpc) is 2.47. The minimum Gasteiger partial charge on any atom is -0.335 e. The largest absolute Gasteiger partial charge is 0.335 e. The lowest BCUT2D eigenvalue weighted by Crippen LogP contribution is -2.43. The quantitative estimate of drug-likeness (QED) is 0.885. The minimum absolute atomic E-state index is 0.0726. The maximum atomic E-state index is 12.1. The van der Waals surface area contributed by atoms with Crippen molar-refractivity contribution in [2.45, 2.75) is 38.1 Å². The zero-order chi connectivity index (χ0) is 13.7. The first-order valence-corrected chi connectivity index (χ1v) is 6.75. The third-order valence-corrected chi connectivity index (χ3v) is 3.62. The Bertz CT molecular complexity index is 469. The zero-order valence-corrected chi connectivity index (χ0v) is 11.2. The lowest BCUT2D eigenvalue weighted by molar-refractivity contribution is 0.239. The van der Waals surface area contributed by atoms with Crippen LogP contribution in [0.2, 0.25) is 0 Å². The normalized spacial score (nSPS) is 15.6. The standard InChI is InChI=1S/C15H19N3O/c1-18(14-9-7-12(11-16)8-10-14)15(19)17-13-5-3-2-4-6-13/h7-10,13H,2-6H2,1H3,(H,17,19). The van der Waals surface area contributed by atoms with Gasteiger partial charge in [0.15, 0.2) is 0 Å². The van der Waals surface area contributed by atoms with E-state index in [-0.39, 0.29) is 6.03 Å². The third-order valence-electron chi connectivity index (χ3n) is 3.62. The van der Waals surface area contributed by atoms with Gasteiger partial charge in [0.2, 0.25) is 0 Å². The third kappa shape index (κ3) is 3.47. The van der Waals surface area contributed by atoms with Crippen molar-refractivity contribution in [1.82, 2.24) is 5.32 Å². The molecule has 0 bridgehead atoms. The lowest BCUT2D eigenvalue weighted by Gasteiger charge is -2.26. The van der Waals surface area contributed by atoms with Gasteiger partial charge >= 0.3 is 6.03 Å². The maximum absolute atomic E-state index is 12.1. The number of nitriles is 1. The second-order valence-corrected chi connectivity index (χ2v) is 5.00. The number of nitrogens with zero attached hydrogens (tertiary/aromatic N) is 2. The SMILES string of the molecule is CN(C(=O)NC1CCCCC1)c1ccc(C#N)cc1. The summed E-state index contributed by atoms with van der Waals surface area (Å²) in [6.07, 6.45) is 5.83. The molecule has 1 aliphatic rings. The summed E-state index contributed by atoms with van der Waals surface area (Å²) in [6.45, 7) is 0. The van der Waals surface area contributed by atoms with Crippen LogP contribution in [0.1, 0.15) is 37.7 Å². The van der Waals surface area contributed by atoms with Crippen LogP contribution in [-0.4, -0.2) is 19.1 Å². The predicted octanol–water partition coefficient (Wildman–Crippen LogP) is 3.04. The maximum Gasteiger partial charge on any atom is 0.321 e. The number of carbonyl (C=O) groups is 1. The molecule has 0 radical (unpaired) electrons. The molecule has 2 rings (SSSR count). The Hall–Kier alpha value is -2.02. The van der Waals surface area contributed by atoms with Crippen molar-refractivity contribution < 1.29 is 4.79 Å². The Labute approximate surface area is 114 Å². The highest BCUT2D eigenvalue weighted by molar-refractivity contribution is 5.91. The molecule has 0 saturated heterocycles. The second kappa shape index (κ2) is 6.24. The summed E-state index contributed by atoms with van der Waals surface area (Å²) in [5.41, 5.74) is 1.40. The molecular formula is C15H19N3O. The first-order chi connectivity index (χ1) is 9.20. The molecule has 1 fully saturated rings. The van der Waals surface area contributed by atoms with Crippen molar-refractivity contribution in [3.63, 3.8) is 0 Å². The summed E-state index contributed by atoms with van der Waals surface area (Å²) in [5, 5.41) is 11.8. The first kappa shape index (κ1) is 13.4. The van der Waals surface area contributed by atoms with Crippen LogP contribution in [-0.2, 0) is 0 Å². The first-order valence-electron chi connectivity index (χ1n) is 6.75. The van der Waals surface area contributed by atoms with E-state index in [1.165, 1.54) is 19.3 Å². The van der Waals surface area contributed by atoms with E-state index in [1.54, 1.807) is 36.2 Å². The van der Waals surface area contributed by atoms with Gasteiger partial charge in [-0.3, -0.25) is 4.90 Å². The van der Waals surface area contributed by atoms with Gasteiger partial charge < -0.3 is 5.32 Å². The number of amides is 2. The summed E-state index contributed by atoms with van der Waals surface area (Å²) < 4.78 is 0. The van der Waals surface area contributed by atoms with E-state index in [9.17, 15) is 4.79 Å². The number of nitrogens with one attached hydrogen (secondary N) is 1. The summed E-state index contributed by atoms with van der Waals surface area (Å²) in [7, 11) is 1.75. The molecule has 19 heavy (non-hydrogen) atoms. The molecule has 0 heterocycles. The molecular weight excluding hydrogens is 238 g/mol. The molecule has 1 aromatic rings. The van der Waals surface area contributed by atoms with E-state index in [1.807, 2.05) is 0 Å². The molecule has 0 aromatic heterocycles. The summed E-state index contributed by atoms with van der Waals surface area (Å²) in [5.74, 6) is 0. The number of hydrogen-bond donors (Lipinski definition) is 1. The Morgan fingerprint density at radius 2 is 1.89 bits per heavy atom. The van der Waals surface area contributed by atoms with Crippen molar-refractivity contribution in [1.29, 1.82) is 5.26 Å². The lowest BCUT2D eigenvalue weighted by atomic mass is 9.96. The van der Waals surface area contributed by atoms with Gasteiger partial charge in [-0.25, -0.2) is 4.79 Å². The van der Waals surface area contributed by atoms with Crippen molar-refractivity contribution >= 4 is 11.7 Å². The molecule has 2 amide bonds. The number of rotatable bonds is 2. The van der Waals surface area contributed by atoms with Crippen LogP contribution >= 0.6 is 0 Å². The van der Waals surface area contributed by atoms with Gasteiger partial charge in [-0.1, -0.05) is 19.3 Å². The van der Waals surface area contributed by atoms with Crippen LogP contribution in [0, 0.1) is 11.3 Å². The van der Waals surface area contributed by atoms with Crippen molar-refractivity contribution in [3.05, 3.63) is 29.8 Å². The Balaban J connectivity index is 1.95. The second-order valence-electron chi connectivity index (χ2n) is 5.00. The molecule has 1 saturated carbocycles. The Morgan fingerprint density at radius 3 is 2.47 bits per heavy atom. The molecule has 1 N–H and O–H groups in total. The molecule has 100 valence electrons. The molecule has 4 nitrogen and oxygen atoms in total. The van der Waals surface area contributed by atoms with Crippen molar-refractivity contribution in [2.75, 3.05) is 11.9 Å². The smallest absolute Gasteiger partial charge is 0.321 e. The molecule has 0 spiro atoms. The number of carbonyl (C=O) groups excluding carboxylic acids is 1. The molecule has 1 aliphatic carbocycles. The summed E-state index contributed by atoms with van der Waals surface area (Å²) in [6, 6.07) is 9.33. The van der Waals surface area contributed by atoms with E-state index >= 15 is 0 Å². The van der Waals surface area contributed by atoms with Crippen LogP contribution in [0.3, 0.4) is 0 Å². The zero-order valence-electron chi connectivity index (χ0n) is 11.2. The highest BCUT2D eigenvalue weighted by Gasteiger charge is 2.18. The Morgan fingerprint density at radius 1 is 1.26 bits per heavy atom. The Kier molecular flexibility index (Phi) is 4.40. The van der Waals surface area contributed by atoms with Gasteiger partial charge in [0.1, 0.15) is 0 Å².